The summed E-state index contributed by atoms with van der Waals surface area (Å²) >= 11 is 1.76. The Morgan fingerprint density at radius 1 is 1.35 bits per heavy atom. The molecule has 5 nitrogen and oxygen atoms in total. The smallest absolute Gasteiger partial charge is 0.267 e. The largest absolute Gasteiger partial charge is 0.377 e. The summed E-state index contributed by atoms with van der Waals surface area (Å²) in [6, 6.07) is 5.76. The Morgan fingerprint density at radius 3 is 2.96 bits per heavy atom. The van der Waals surface area contributed by atoms with Crippen molar-refractivity contribution >= 4 is 11.3 Å². The molecule has 1 saturated carbocycles. The second kappa shape index (κ2) is 6.19. The van der Waals surface area contributed by atoms with Gasteiger partial charge < -0.3 is 10.1 Å². The van der Waals surface area contributed by atoms with Gasteiger partial charge in [-0.15, -0.1) is 11.3 Å². The van der Waals surface area contributed by atoms with Gasteiger partial charge in [0.1, 0.15) is 0 Å². The van der Waals surface area contributed by atoms with Crippen molar-refractivity contribution in [1.29, 1.82) is 0 Å². The van der Waals surface area contributed by atoms with Gasteiger partial charge in [0.05, 0.1) is 31.0 Å². The highest BCUT2D eigenvalue weighted by Crippen LogP contribution is 2.38. The molecule has 1 aliphatic heterocycles. The van der Waals surface area contributed by atoms with E-state index >= 15 is 0 Å². The Morgan fingerprint density at radius 2 is 2.22 bits per heavy atom. The molecule has 3 heterocycles. The highest BCUT2D eigenvalue weighted by Gasteiger charge is 2.32. The lowest BCUT2D eigenvalue weighted by Gasteiger charge is -2.20. The zero-order valence-electron chi connectivity index (χ0n) is 13.2. The molecule has 23 heavy (non-hydrogen) atoms. The Bertz CT molecular complexity index is 750. The van der Waals surface area contributed by atoms with E-state index in [0.717, 1.165) is 12.2 Å². The average Bonchev–Trinajstić information content (AvgIpc) is 3.16. The summed E-state index contributed by atoms with van der Waals surface area (Å²) in [6.45, 7) is 4.10. The summed E-state index contributed by atoms with van der Waals surface area (Å²) in [5.41, 5.74) is 2.32. The van der Waals surface area contributed by atoms with Crippen molar-refractivity contribution in [2.45, 2.75) is 44.3 Å². The fourth-order valence-electron chi connectivity index (χ4n) is 3.06. The van der Waals surface area contributed by atoms with Crippen LogP contribution in [0.4, 0.5) is 0 Å². The van der Waals surface area contributed by atoms with Gasteiger partial charge in [0, 0.05) is 23.4 Å². The molecule has 0 radical (unpaired) electrons. The number of ether oxygens (including phenoxy) is 1. The standard InChI is InChI=1S/C17H21N3O2S/c1-11-6-7-23-16(11)8-18-14-9-22-10-15(14)20-17(21)5-4-13(19-20)12-2-3-12/h4-7,12,14-15,18H,2-3,8-10H2,1H3. The van der Waals surface area contributed by atoms with Crippen LogP contribution in [0.2, 0.25) is 0 Å². The van der Waals surface area contributed by atoms with Crippen LogP contribution < -0.4 is 10.9 Å². The summed E-state index contributed by atoms with van der Waals surface area (Å²) in [4.78, 5) is 13.6. The van der Waals surface area contributed by atoms with Gasteiger partial charge in [-0.25, -0.2) is 4.68 Å². The lowest BCUT2D eigenvalue weighted by molar-refractivity contribution is 0.180. The second-order valence-corrected chi connectivity index (χ2v) is 7.43. The molecule has 6 heteroatoms. The van der Waals surface area contributed by atoms with E-state index in [1.54, 1.807) is 22.1 Å². The Kier molecular flexibility index (Phi) is 4.05. The average molecular weight is 331 g/mol. The number of thiophene rings is 1. The number of nitrogens with zero attached hydrogens (tertiary/aromatic N) is 2. The lowest BCUT2D eigenvalue weighted by atomic mass is 10.1. The van der Waals surface area contributed by atoms with E-state index in [9.17, 15) is 4.79 Å². The minimum Gasteiger partial charge on any atom is -0.377 e. The van der Waals surface area contributed by atoms with E-state index in [4.69, 9.17) is 4.74 Å². The lowest BCUT2D eigenvalue weighted by Crippen LogP contribution is -2.41. The molecule has 0 amide bonds. The zero-order valence-corrected chi connectivity index (χ0v) is 14.0. The molecule has 4 rings (SSSR count). The molecule has 2 aliphatic rings. The van der Waals surface area contributed by atoms with Gasteiger partial charge in [-0.3, -0.25) is 4.79 Å². The first kappa shape index (κ1) is 15.1. The normalized spacial score (nSPS) is 24.2. The fourth-order valence-corrected chi connectivity index (χ4v) is 3.92. The number of nitrogens with one attached hydrogen (secondary N) is 1. The predicted octanol–water partition coefficient (Wildman–Crippen LogP) is 2.22. The van der Waals surface area contributed by atoms with Crippen molar-refractivity contribution in [3.8, 4) is 0 Å². The van der Waals surface area contributed by atoms with Gasteiger partial charge in [-0.2, -0.15) is 5.10 Å². The second-order valence-electron chi connectivity index (χ2n) is 6.43. The molecule has 2 aromatic heterocycles. The van der Waals surface area contributed by atoms with Crippen LogP contribution >= 0.6 is 11.3 Å². The maximum Gasteiger partial charge on any atom is 0.267 e. The topological polar surface area (TPSA) is 56.1 Å². The molecule has 0 bridgehead atoms. The van der Waals surface area contributed by atoms with Crippen molar-refractivity contribution < 1.29 is 4.74 Å². The summed E-state index contributed by atoms with van der Waals surface area (Å²) in [5, 5.41) is 10.3. The van der Waals surface area contributed by atoms with E-state index in [1.165, 1.54) is 23.3 Å². The molecule has 122 valence electrons. The number of rotatable bonds is 5. The molecular formula is C17H21N3O2S. The van der Waals surface area contributed by atoms with Gasteiger partial charge in [0.2, 0.25) is 0 Å². The first-order valence-electron chi connectivity index (χ1n) is 8.16. The van der Waals surface area contributed by atoms with Crippen LogP contribution in [-0.2, 0) is 11.3 Å². The summed E-state index contributed by atoms with van der Waals surface area (Å²) in [6.07, 6.45) is 2.37. The molecule has 2 fully saturated rings. The monoisotopic (exact) mass is 331 g/mol. The highest BCUT2D eigenvalue weighted by atomic mass is 32.1. The fraction of sp³-hybridized carbons (Fsp3) is 0.529. The number of hydrogen-bond donors (Lipinski definition) is 1. The number of hydrogen-bond acceptors (Lipinski definition) is 5. The van der Waals surface area contributed by atoms with Crippen LogP contribution in [0.5, 0.6) is 0 Å². The third kappa shape index (κ3) is 3.11. The first-order chi connectivity index (χ1) is 11.2. The third-order valence-electron chi connectivity index (χ3n) is 4.70. The molecule has 2 unspecified atom stereocenters. The van der Waals surface area contributed by atoms with E-state index < -0.39 is 0 Å². The molecule has 0 aromatic carbocycles. The zero-order chi connectivity index (χ0) is 15.8. The Balaban J connectivity index is 1.52. The highest BCUT2D eigenvalue weighted by molar-refractivity contribution is 7.10. The van der Waals surface area contributed by atoms with E-state index in [-0.39, 0.29) is 17.6 Å². The minimum absolute atomic E-state index is 0.0264. The van der Waals surface area contributed by atoms with Crippen molar-refractivity contribution in [3.63, 3.8) is 0 Å². The van der Waals surface area contributed by atoms with Crippen molar-refractivity contribution in [3.05, 3.63) is 50.1 Å². The maximum atomic E-state index is 12.3. The number of aryl methyl sites for hydroxylation is 1. The quantitative estimate of drug-likeness (QED) is 0.913. The molecule has 2 aromatic rings. The Hall–Kier alpha value is -1.50. The molecule has 1 N–H and O–H groups in total. The van der Waals surface area contributed by atoms with Gasteiger partial charge in [0.25, 0.3) is 5.56 Å². The van der Waals surface area contributed by atoms with Gasteiger partial charge in [-0.05, 0) is 42.8 Å². The van der Waals surface area contributed by atoms with Crippen molar-refractivity contribution in [1.82, 2.24) is 15.1 Å². The van der Waals surface area contributed by atoms with Crippen LogP contribution in [0.3, 0.4) is 0 Å². The van der Waals surface area contributed by atoms with Gasteiger partial charge in [-0.1, -0.05) is 0 Å². The summed E-state index contributed by atoms with van der Waals surface area (Å²) in [7, 11) is 0. The summed E-state index contributed by atoms with van der Waals surface area (Å²) < 4.78 is 7.27. The van der Waals surface area contributed by atoms with Crippen molar-refractivity contribution in [2.24, 2.45) is 0 Å². The molecular weight excluding hydrogens is 310 g/mol. The third-order valence-corrected chi connectivity index (χ3v) is 5.72. The first-order valence-corrected chi connectivity index (χ1v) is 9.04. The molecule has 2 atom stereocenters. The minimum atomic E-state index is -0.0380. The predicted molar refractivity (Wildman–Crippen MR) is 90.0 cm³/mol. The maximum absolute atomic E-state index is 12.3. The van der Waals surface area contributed by atoms with Crippen molar-refractivity contribution in [2.75, 3.05) is 13.2 Å². The van der Waals surface area contributed by atoms with Crippen LogP contribution in [0, 0.1) is 6.92 Å². The molecule has 1 aliphatic carbocycles. The summed E-state index contributed by atoms with van der Waals surface area (Å²) in [5.74, 6) is 0.546. The van der Waals surface area contributed by atoms with Gasteiger partial charge in [0.15, 0.2) is 0 Å². The van der Waals surface area contributed by atoms with Crippen LogP contribution in [-0.4, -0.2) is 29.0 Å². The number of aromatic nitrogens is 2. The Labute approximate surface area is 139 Å². The SMILES string of the molecule is Cc1ccsc1CNC1COCC1n1nc(C2CC2)ccc1=O. The van der Waals surface area contributed by atoms with E-state index in [0.29, 0.717) is 19.1 Å². The molecule has 0 spiro atoms. The van der Waals surface area contributed by atoms with Gasteiger partial charge >= 0.3 is 0 Å². The molecule has 1 saturated heterocycles. The van der Waals surface area contributed by atoms with Crippen LogP contribution in [0.25, 0.3) is 0 Å². The van der Waals surface area contributed by atoms with Crippen LogP contribution in [0.1, 0.15) is 40.9 Å². The van der Waals surface area contributed by atoms with Crippen LogP contribution in [0.15, 0.2) is 28.4 Å². The van der Waals surface area contributed by atoms with E-state index in [2.05, 4.69) is 28.8 Å². The van der Waals surface area contributed by atoms with E-state index in [1.807, 2.05) is 6.07 Å².